The number of rotatable bonds is 4. The third-order valence-corrected chi connectivity index (χ3v) is 5.16. The molecule has 1 aromatic carbocycles. The average Bonchev–Trinajstić information content (AvgIpc) is 3.00. The van der Waals surface area contributed by atoms with E-state index in [4.69, 9.17) is 21.1 Å². The van der Waals surface area contributed by atoms with Crippen LogP contribution in [0.5, 0.6) is 5.75 Å². The van der Waals surface area contributed by atoms with Crippen molar-refractivity contribution in [3.8, 4) is 5.75 Å². The summed E-state index contributed by atoms with van der Waals surface area (Å²) >= 11 is 7.45. The van der Waals surface area contributed by atoms with E-state index >= 15 is 0 Å². The summed E-state index contributed by atoms with van der Waals surface area (Å²) in [6, 6.07) is 9.68. The lowest BCUT2D eigenvalue weighted by Crippen LogP contribution is -2.46. The van der Waals surface area contributed by atoms with E-state index in [1.807, 2.05) is 34.5 Å². The Kier molecular flexibility index (Phi) is 5.20. The summed E-state index contributed by atoms with van der Waals surface area (Å²) in [7, 11) is 1.65. The Morgan fingerprint density at radius 2 is 2.35 bits per heavy atom. The Labute approximate surface area is 144 Å². The van der Waals surface area contributed by atoms with Gasteiger partial charge in [0.1, 0.15) is 10.6 Å². The van der Waals surface area contributed by atoms with Crippen molar-refractivity contribution >= 4 is 28.8 Å². The number of carbonyl (C=O) groups is 1. The minimum atomic E-state index is -0.0152. The van der Waals surface area contributed by atoms with Gasteiger partial charge < -0.3 is 14.4 Å². The third kappa shape index (κ3) is 3.86. The number of halogens is 1. The van der Waals surface area contributed by atoms with E-state index in [2.05, 4.69) is 0 Å². The first-order valence-electron chi connectivity index (χ1n) is 7.44. The number of nitrogens with zero attached hydrogens (tertiary/aromatic N) is 1. The van der Waals surface area contributed by atoms with E-state index in [9.17, 15) is 4.79 Å². The predicted molar refractivity (Wildman–Crippen MR) is 91.7 cm³/mol. The predicted octanol–water partition coefficient (Wildman–Crippen LogP) is 3.49. The summed E-state index contributed by atoms with van der Waals surface area (Å²) in [5, 5.41) is 2.36. The number of amides is 1. The monoisotopic (exact) mass is 351 g/mol. The highest BCUT2D eigenvalue weighted by Gasteiger charge is 2.27. The van der Waals surface area contributed by atoms with Gasteiger partial charge >= 0.3 is 0 Å². The summed E-state index contributed by atoms with van der Waals surface area (Å²) in [6.45, 7) is 1.72. The molecule has 23 heavy (non-hydrogen) atoms. The van der Waals surface area contributed by atoms with Crippen molar-refractivity contribution < 1.29 is 14.3 Å². The fourth-order valence-corrected chi connectivity index (χ4v) is 3.78. The molecule has 1 aliphatic heterocycles. The number of hydrogen-bond donors (Lipinski definition) is 0. The zero-order chi connectivity index (χ0) is 16.2. The van der Waals surface area contributed by atoms with Gasteiger partial charge in [-0.3, -0.25) is 4.79 Å². The van der Waals surface area contributed by atoms with Crippen molar-refractivity contribution in [2.45, 2.75) is 12.5 Å². The Morgan fingerprint density at radius 3 is 3.09 bits per heavy atom. The lowest BCUT2D eigenvalue weighted by atomic mass is 10.1. The van der Waals surface area contributed by atoms with Crippen LogP contribution in [0.15, 0.2) is 35.7 Å². The van der Waals surface area contributed by atoms with Crippen LogP contribution in [0, 0.1) is 0 Å². The van der Waals surface area contributed by atoms with Crippen LogP contribution in [-0.4, -0.2) is 43.7 Å². The van der Waals surface area contributed by atoms with E-state index in [0.29, 0.717) is 29.6 Å². The fourth-order valence-electron chi connectivity index (χ4n) is 2.68. The van der Waals surface area contributed by atoms with Gasteiger partial charge in [0.2, 0.25) is 0 Å². The molecule has 1 atom stereocenters. The van der Waals surface area contributed by atoms with Crippen LogP contribution in [0.1, 0.15) is 15.2 Å². The molecule has 0 radical (unpaired) electrons. The molecule has 1 aliphatic rings. The topological polar surface area (TPSA) is 38.8 Å². The second-order valence-electron chi connectivity index (χ2n) is 5.40. The first-order valence-corrected chi connectivity index (χ1v) is 8.70. The quantitative estimate of drug-likeness (QED) is 0.846. The Bertz CT molecular complexity index is 688. The number of thiophene rings is 1. The lowest BCUT2D eigenvalue weighted by Gasteiger charge is -2.33. The first-order chi connectivity index (χ1) is 11.2. The molecule has 1 amide bonds. The average molecular weight is 352 g/mol. The van der Waals surface area contributed by atoms with Crippen LogP contribution in [-0.2, 0) is 11.2 Å². The number of hydrogen-bond acceptors (Lipinski definition) is 4. The highest BCUT2D eigenvalue weighted by Crippen LogP contribution is 2.25. The Hall–Kier alpha value is -1.56. The van der Waals surface area contributed by atoms with Crippen molar-refractivity contribution in [3.05, 3.63) is 51.2 Å². The Balaban J connectivity index is 1.66. The zero-order valence-corrected chi connectivity index (χ0v) is 14.4. The van der Waals surface area contributed by atoms with Crippen molar-refractivity contribution in [2.24, 2.45) is 0 Å². The normalized spacial score (nSPS) is 18.0. The number of morpholine rings is 1. The van der Waals surface area contributed by atoms with Gasteiger partial charge in [-0.2, -0.15) is 0 Å². The highest BCUT2D eigenvalue weighted by atomic mass is 35.5. The second-order valence-corrected chi connectivity index (χ2v) is 6.72. The van der Waals surface area contributed by atoms with Gasteiger partial charge in [-0.05, 0) is 29.1 Å². The van der Waals surface area contributed by atoms with Crippen molar-refractivity contribution in [3.63, 3.8) is 0 Å². The van der Waals surface area contributed by atoms with Crippen LogP contribution < -0.4 is 4.74 Å². The molecule has 1 saturated heterocycles. The molecule has 0 saturated carbocycles. The summed E-state index contributed by atoms with van der Waals surface area (Å²) in [5.74, 6) is 0.820. The first kappa shape index (κ1) is 16.3. The van der Waals surface area contributed by atoms with Crippen molar-refractivity contribution in [1.29, 1.82) is 0 Å². The van der Waals surface area contributed by atoms with Gasteiger partial charge in [0, 0.05) is 19.5 Å². The highest BCUT2D eigenvalue weighted by molar-refractivity contribution is 7.12. The van der Waals surface area contributed by atoms with Gasteiger partial charge in [0.05, 0.1) is 24.8 Å². The van der Waals surface area contributed by atoms with E-state index < -0.39 is 0 Å². The molecule has 122 valence electrons. The fraction of sp³-hybridized carbons (Fsp3) is 0.353. The molecule has 3 rings (SSSR count). The molecule has 0 bridgehead atoms. The largest absolute Gasteiger partial charge is 0.497 e. The van der Waals surface area contributed by atoms with Gasteiger partial charge in [-0.1, -0.05) is 23.7 Å². The van der Waals surface area contributed by atoms with Gasteiger partial charge in [0.15, 0.2) is 0 Å². The molecule has 6 heteroatoms. The summed E-state index contributed by atoms with van der Waals surface area (Å²) in [4.78, 5) is 15.0. The lowest BCUT2D eigenvalue weighted by molar-refractivity contribution is -0.0206. The minimum Gasteiger partial charge on any atom is -0.497 e. The maximum absolute atomic E-state index is 12.6. The number of benzene rings is 1. The van der Waals surface area contributed by atoms with Gasteiger partial charge in [-0.15, -0.1) is 11.3 Å². The minimum absolute atomic E-state index is 0.0102. The standard InChI is InChI=1S/C17H18ClNO3S/c1-21-13-4-2-3-12(9-13)10-14-11-19(6-7-22-14)17(20)16-15(18)5-8-23-16/h2-5,8-9,14H,6-7,10-11H2,1H3. The maximum Gasteiger partial charge on any atom is 0.265 e. The van der Waals surface area contributed by atoms with Crippen LogP contribution in [0.2, 0.25) is 5.02 Å². The molecular weight excluding hydrogens is 334 g/mol. The second kappa shape index (κ2) is 7.34. The van der Waals surface area contributed by atoms with E-state index in [1.165, 1.54) is 11.3 Å². The molecule has 1 unspecified atom stereocenters. The van der Waals surface area contributed by atoms with Crippen LogP contribution in [0.25, 0.3) is 0 Å². The number of carbonyl (C=O) groups excluding carboxylic acids is 1. The molecule has 1 fully saturated rings. The van der Waals surface area contributed by atoms with Crippen LogP contribution >= 0.6 is 22.9 Å². The van der Waals surface area contributed by atoms with Crippen LogP contribution in [0.3, 0.4) is 0 Å². The molecule has 1 aromatic heterocycles. The molecule has 0 N–H and O–H groups in total. The molecular formula is C17H18ClNO3S. The smallest absolute Gasteiger partial charge is 0.265 e. The van der Waals surface area contributed by atoms with Gasteiger partial charge in [-0.25, -0.2) is 0 Å². The summed E-state index contributed by atoms with van der Waals surface area (Å²) in [6.07, 6.45) is 0.734. The third-order valence-electron chi connectivity index (χ3n) is 3.83. The van der Waals surface area contributed by atoms with E-state index in [-0.39, 0.29) is 12.0 Å². The van der Waals surface area contributed by atoms with Crippen molar-refractivity contribution in [1.82, 2.24) is 4.90 Å². The summed E-state index contributed by atoms with van der Waals surface area (Å²) < 4.78 is 11.1. The molecule has 0 aliphatic carbocycles. The van der Waals surface area contributed by atoms with E-state index in [0.717, 1.165) is 17.7 Å². The van der Waals surface area contributed by atoms with Crippen molar-refractivity contribution in [2.75, 3.05) is 26.8 Å². The maximum atomic E-state index is 12.6. The summed E-state index contributed by atoms with van der Waals surface area (Å²) in [5.41, 5.74) is 1.14. The molecule has 4 nitrogen and oxygen atoms in total. The molecule has 0 spiro atoms. The van der Waals surface area contributed by atoms with Crippen LogP contribution in [0.4, 0.5) is 0 Å². The van der Waals surface area contributed by atoms with E-state index in [1.54, 1.807) is 13.2 Å². The van der Waals surface area contributed by atoms with Gasteiger partial charge in [0.25, 0.3) is 5.91 Å². The zero-order valence-electron chi connectivity index (χ0n) is 12.8. The molecule has 2 aromatic rings. The Morgan fingerprint density at radius 1 is 1.48 bits per heavy atom. The number of methoxy groups -OCH3 is 1. The number of ether oxygens (including phenoxy) is 2. The molecule has 2 heterocycles. The SMILES string of the molecule is COc1cccc(CC2CN(C(=O)c3sccc3Cl)CCO2)c1.